The van der Waals surface area contributed by atoms with Crippen LogP contribution in [0.2, 0.25) is 0 Å². The Labute approximate surface area is 149 Å². The molecule has 1 saturated carbocycles. The molecule has 1 aliphatic carbocycles. The van der Waals surface area contributed by atoms with Crippen molar-refractivity contribution in [3.63, 3.8) is 0 Å². The average molecular weight is 344 g/mol. The van der Waals surface area contributed by atoms with Gasteiger partial charge in [-0.2, -0.15) is 0 Å². The normalized spacial score (nSPS) is 23.3. The van der Waals surface area contributed by atoms with E-state index >= 15 is 0 Å². The third kappa shape index (κ3) is 3.61. The lowest BCUT2D eigenvalue weighted by atomic mass is 10.0. The molecule has 4 rings (SSSR count). The van der Waals surface area contributed by atoms with E-state index in [4.69, 9.17) is 9.47 Å². The Hall–Kier alpha value is -1.75. The third-order valence-corrected chi connectivity index (χ3v) is 5.61. The fourth-order valence-electron chi connectivity index (χ4n) is 3.96. The summed E-state index contributed by atoms with van der Waals surface area (Å²) in [5.41, 5.74) is 2.38. The average Bonchev–Trinajstić information content (AvgIpc) is 3.40. The monoisotopic (exact) mass is 344 g/mol. The van der Waals surface area contributed by atoms with Crippen molar-refractivity contribution in [3.05, 3.63) is 23.3 Å². The topological polar surface area (TPSA) is 50.8 Å². The highest BCUT2D eigenvalue weighted by Gasteiger charge is 2.34. The first-order chi connectivity index (χ1) is 12.1. The van der Waals surface area contributed by atoms with E-state index in [2.05, 4.69) is 29.3 Å². The van der Waals surface area contributed by atoms with Gasteiger partial charge in [-0.25, -0.2) is 0 Å². The fraction of sp³-hybridized carbons (Fsp3) is 0.650. The second kappa shape index (κ2) is 6.87. The molecule has 3 aliphatic rings. The van der Waals surface area contributed by atoms with Crippen molar-refractivity contribution < 1.29 is 14.3 Å². The lowest BCUT2D eigenvalue weighted by Gasteiger charge is -2.32. The molecule has 1 aromatic rings. The van der Waals surface area contributed by atoms with E-state index in [1.165, 1.54) is 5.56 Å². The van der Waals surface area contributed by atoms with Crippen molar-refractivity contribution in [2.75, 3.05) is 20.2 Å². The van der Waals surface area contributed by atoms with E-state index in [0.29, 0.717) is 17.9 Å². The number of carbonyl (C=O) groups excluding carboxylic acids is 1. The molecule has 1 aromatic carbocycles. The number of hydrogen-bond donors (Lipinski definition) is 1. The summed E-state index contributed by atoms with van der Waals surface area (Å²) in [7, 11) is 1.73. The Morgan fingerprint density at radius 1 is 1.28 bits per heavy atom. The van der Waals surface area contributed by atoms with Crippen molar-refractivity contribution in [1.82, 2.24) is 10.2 Å². The Kier molecular flexibility index (Phi) is 4.59. The molecule has 0 radical (unpaired) electrons. The number of methoxy groups -OCH3 is 1. The van der Waals surface area contributed by atoms with Crippen LogP contribution in [-0.4, -0.2) is 43.2 Å². The molecule has 0 spiro atoms. The highest BCUT2D eigenvalue weighted by molar-refractivity contribution is 5.81. The lowest BCUT2D eigenvalue weighted by Crippen LogP contribution is -2.45. The molecule has 1 atom stereocenters. The number of rotatable bonds is 5. The first kappa shape index (κ1) is 16.7. The summed E-state index contributed by atoms with van der Waals surface area (Å²) >= 11 is 0. The van der Waals surface area contributed by atoms with Gasteiger partial charge in [0, 0.05) is 49.1 Å². The number of carbonyl (C=O) groups is 1. The van der Waals surface area contributed by atoms with Crippen molar-refractivity contribution in [1.29, 1.82) is 0 Å². The molecule has 0 bridgehead atoms. The number of ether oxygens (including phenoxy) is 2. The van der Waals surface area contributed by atoms with Crippen molar-refractivity contribution in [3.8, 4) is 11.5 Å². The molecule has 5 nitrogen and oxygen atoms in total. The van der Waals surface area contributed by atoms with E-state index in [9.17, 15) is 4.79 Å². The maximum atomic E-state index is 12.1. The summed E-state index contributed by atoms with van der Waals surface area (Å²) in [5.74, 6) is 2.65. The molecule has 2 fully saturated rings. The summed E-state index contributed by atoms with van der Waals surface area (Å²) in [5, 5.41) is 3.65. The van der Waals surface area contributed by atoms with E-state index in [1.807, 2.05) is 0 Å². The zero-order chi connectivity index (χ0) is 17.4. The molecule has 1 amide bonds. The highest BCUT2D eigenvalue weighted by Crippen LogP contribution is 2.35. The Morgan fingerprint density at radius 2 is 2.04 bits per heavy atom. The number of nitrogens with one attached hydrogen (secondary N) is 1. The van der Waals surface area contributed by atoms with E-state index in [-0.39, 0.29) is 6.10 Å². The Balaban J connectivity index is 1.33. The van der Waals surface area contributed by atoms with Crippen molar-refractivity contribution in [2.45, 2.75) is 57.7 Å². The highest BCUT2D eigenvalue weighted by atomic mass is 16.5. The van der Waals surface area contributed by atoms with Crippen LogP contribution >= 0.6 is 0 Å². The number of amides is 1. The van der Waals surface area contributed by atoms with Gasteiger partial charge in [-0.3, -0.25) is 4.79 Å². The summed E-state index contributed by atoms with van der Waals surface area (Å²) in [6.45, 7) is 4.64. The Bertz CT molecular complexity index is 649. The zero-order valence-electron chi connectivity index (χ0n) is 15.2. The number of hydrogen-bond acceptors (Lipinski definition) is 4. The molecular weight excluding hydrogens is 316 g/mol. The van der Waals surface area contributed by atoms with Crippen LogP contribution in [0.25, 0.3) is 0 Å². The molecule has 25 heavy (non-hydrogen) atoms. The largest absolute Gasteiger partial charge is 0.496 e. The van der Waals surface area contributed by atoms with Gasteiger partial charge < -0.3 is 19.7 Å². The molecule has 1 N–H and O–H groups in total. The summed E-state index contributed by atoms with van der Waals surface area (Å²) in [4.78, 5) is 14.2. The van der Waals surface area contributed by atoms with Crippen LogP contribution in [-0.2, 0) is 17.8 Å². The molecule has 0 aromatic heterocycles. The van der Waals surface area contributed by atoms with Gasteiger partial charge in [0.15, 0.2) is 0 Å². The summed E-state index contributed by atoms with van der Waals surface area (Å²) in [6.07, 6.45) is 5.44. The zero-order valence-corrected chi connectivity index (χ0v) is 15.2. The minimum atomic E-state index is 0.247. The number of fused-ring (bicyclic) bond motifs is 1. The molecular formula is C20H28N2O3. The second-order valence-electron chi connectivity index (χ2n) is 7.66. The van der Waals surface area contributed by atoms with Gasteiger partial charge in [0.25, 0.3) is 0 Å². The SMILES string of the molecule is COc1cc2c(cc1CNC1CCN(C(=O)C3CC3)CC1)OC(C)C2. The summed E-state index contributed by atoms with van der Waals surface area (Å²) < 4.78 is 11.5. The van der Waals surface area contributed by atoms with Crippen LogP contribution in [0.4, 0.5) is 0 Å². The molecule has 2 aliphatic heterocycles. The van der Waals surface area contributed by atoms with Crippen LogP contribution in [0.3, 0.4) is 0 Å². The Morgan fingerprint density at radius 3 is 2.72 bits per heavy atom. The van der Waals surface area contributed by atoms with Crippen molar-refractivity contribution in [2.24, 2.45) is 5.92 Å². The van der Waals surface area contributed by atoms with E-state index in [1.54, 1.807) is 7.11 Å². The van der Waals surface area contributed by atoms with Gasteiger partial charge in [0.05, 0.1) is 7.11 Å². The van der Waals surface area contributed by atoms with Crippen LogP contribution in [0.1, 0.15) is 43.7 Å². The standard InChI is InChI=1S/C20H28N2O3/c1-13-9-15-10-18(24-2)16(11-19(15)25-13)12-21-17-5-7-22(8-6-17)20(23)14-3-4-14/h10-11,13-14,17,21H,3-9,12H2,1-2H3. The molecule has 1 saturated heterocycles. The maximum absolute atomic E-state index is 12.1. The van der Waals surface area contributed by atoms with Gasteiger partial charge in [-0.1, -0.05) is 0 Å². The summed E-state index contributed by atoms with van der Waals surface area (Å²) in [6, 6.07) is 4.70. The number of likely N-dealkylation sites (tertiary alicyclic amines) is 1. The van der Waals surface area contributed by atoms with Gasteiger partial charge in [0.2, 0.25) is 5.91 Å². The number of benzene rings is 1. The fourth-order valence-corrected chi connectivity index (χ4v) is 3.96. The number of piperidine rings is 1. The molecule has 5 heteroatoms. The van der Waals surface area contributed by atoms with Crippen LogP contribution in [0, 0.1) is 5.92 Å². The van der Waals surface area contributed by atoms with Crippen LogP contribution in [0.5, 0.6) is 11.5 Å². The number of nitrogens with zero attached hydrogens (tertiary/aromatic N) is 1. The van der Waals surface area contributed by atoms with Gasteiger partial charge >= 0.3 is 0 Å². The van der Waals surface area contributed by atoms with E-state index in [0.717, 1.165) is 68.8 Å². The first-order valence-electron chi connectivity index (χ1n) is 9.52. The second-order valence-corrected chi connectivity index (χ2v) is 7.66. The molecule has 1 unspecified atom stereocenters. The minimum absolute atomic E-state index is 0.247. The first-order valence-corrected chi connectivity index (χ1v) is 9.52. The predicted octanol–water partition coefficient (Wildman–Crippen LogP) is 2.51. The predicted molar refractivity (Wildman–Crippen MR) is 96.0 cm³/mol. The molecule has 2 heterocycles. The minimum Gasteiger partial charge on any atom is -0.496 e. The quantitative estimate of drug-likeness (QED) is 0.892. The van der Waals surface area contributed by atoms with Crippen LogP contribution < -0.4 is 14.8 Å². The van der Waals surface area contributed by atoms with Gasteiger partial charge in [-0.05, 0) is 44.7 Å². The smallest absolute Gasteiger partial charge is 0.225 e. The van der Waals surface area contributed by atoms with E-state index < -0.39 is 0 Å². The molecule has 136 valence electrons. The van der Waals surface area contributed by atoms with Gasteiger partial charge in [-0.15, -0.1) is 0 Å². The van der Waals surface area contributed by atoms with Gasteiger partial charge in [0.1, 0.15) is 17.6 Å². The maximum Gasteiger partial charge on any atom is 0.225 e. The third-order valence-electron chi connectivity index (χ3n) is 5.61. The van der Waals surface area contributed by atoms with Crippen molar-refractivity contribution >= 4 is 5.91 Å². The lowest BCUT2D eigenvalue weighted by molar-refractivity contribution is -0.133. The van der Waals surface area contributed by atoms with Crippen LogP contribution in [0.15, 0.2) is 12.1 Å².